The van der Waals surface area contributed by atoms with Crippen LogP contribution in [0.2, 0.25) is 0 Å². The average Bonchev–Trinajstić information content (AvgIpc) is 2.86. The molecule has 0 saturated heterocycles. The van der Waals surface area contributed by atoms with Gasteiger partial charge < -0.3 is 9.84 Å². The Morgan fingerprint density at radius 3 is 2.10 bits per heavy atom. The predicted molar refractivity (Wildman–Crippen MR) is 138 cm³/mol. The van der Waals surface area contributed by atoms with Crippen LogP contribution in [0.5, 0.6) is 5.75 Å². The molecule has 11 heteroatoms. The van der Waals surface area contributed by atoms with E-state index in [1.807, 2.05) is 19.9 Å². The van der Waals surface area contributed by atoms with Crippen LogP contribution >= 0.6 is 11.8 Å². The first-order chi connectivity index (χ1) is 18.1. The maximum atomic E-state index is 13.6. The van der Waals surface area contributed by atoms with Gasteiger partial charge in [-0.05, 0) is 76.9 Å². The summed E-state index contributed by atoms with van der Waals surface area (Å²) < 4.78 is 86.6. The Bertz CT molecular complexity index is 1340. The fraction of sp³-hybridized carbons (Fsp3) is 0.321. The highest BCUT2D eigenvalue weighted by Gasteiger charge is 2.33. The van der Waals surface area contributed by atoms with E-state index >= 15 is 0 Å². The lowest BCUT2D eigenvalue weighted by Gasteiger charge is -2.24. The Morgan fingerprint density at radius 2 is 1.56 bits per heavy atom. The molecule has 0 radical (unpaired) electrons. The molecule has 0 atom stereocenters. The lowest BCUT2D eigenvalue weighted by Crippen LogP contribution is -2.29. The monoisotopic (exact) mass is 571 g/mol. The molecule has 210 valence electrons. The Balaban J connectivity index is 2.14. The van der Waals surface area contributed by atoms with Crippen molar-refractivity contribution < 1.29 is 41.0 Å². The molecule has 0 aromatic heterocycles. The van der Waals surface area contributed by atoms with E-state index in [-0.39, 0.29) is 21.9 Å². The number of amides is 1. The van der Waals surface area contributed by atoms with E-state index in [4.69, 9.17) is 4.74 Å². The summed E-state index contributed by atoms with van der Waals surface area (Å²) in [5.74, 6) is 0.472. The quantitative estimate of drug-likeness (QED) is 0.217. The molecule has 0 unspecified atom stereocenters. The second-order valence-corrected chi connectivity index (χ2v) is 10.1. The van der Waals surface area contributed by atoms with Gasteiger partial charge in [0.05, 0.1) is 18.2 Å². The van der Waals surface area contributed by atoms with Gasteiger partial charge in [-0.25, -0.2) is 4.79 Å². The SMILES string of the molecule is COc1ccc(C(C)C)cc1-c1ccc(C(F)(F)F)cc1CN(Cc1cc(SC)cc(C(F)(F)F)c1)C(=O)O. The van der Waals surface area contributed by atoms with Crippen LogP contribution in [0.4, 0.5) is 31.1 Å². The van der Waals surface area contributed by atoms with Crippen LogP contribution in [-0.4, -0.2) is 29.5 Å². The molecular formula is C28H27F6NO3S. The van der Waals surface area contributed by atoms with Crippen molar-refractivity contribution in [3.63, 3.8) is 0 Å². The summed E-state index contributed by atoms with van der Waals surface area (Å²) in [5.41, 5.74) is -0.142. The number of hydrogen-bond donors (Lipinski definition) is 1. The first-order valence-electron chi connectivity index (χ1n) is 11.8. The lowest BCUT2D eigenvalue weighted by atomic mass is 9.92. The fourth-order valence-corrected chi connectivity index (χ4v) is 4.62. The van der Waals surface area contributed by atoms with Crippen LogP contribution < -0.4 is 4.74 Å². The van der Waals surface area contributed by atoms with Crippen LogP contribution in [0.15, 0.2) is 59.5 Å². The second kappa shape index (κ2) is 11.8. The summed E-state index contributed by atoms with van der Waals surface area (Å²) in [5, 5.41) is 9.91. The molecule has 0 spiro atoms. The minimum absolute atomic E-state index is 0.0310. The zero-order chi connectivity index (χ0) is 29.1. The highest BCUT2D eigenvalue weighted by molar-refractivity contribution is 7.98. The van der Waals surface area contributed by atoms with Crippen molar-refractivity contribution in [2.75, 3.05) is 13.4 Å². The van der Waals surface area contributed by atoms with Gasteiger partial charge in [-0.2, -0.15) is 26.3 Å². The van der Waals surface area contributed by atoms with E-state index in [1.165, 1.54) is 19.2 Å². The highest BCUT2D eigenvalue weighted by Crippen LogP contribution is 2.39. The first kappa shape index (κ1) is 30.2. The van der Waals surface area contributed by atoms with Gasteiger partial charge in [-0.1, -0.05) is 26.0 Å². The van der Waals surface area contributed by atoms with Crippen molar-refractivity contribution in [3.05, 3.63) is 82.4 Å². The molecule has 1 amide bonds. The molecule has 0 aliphatic carbocycles. The number of ether oxygens (including phenoxy) is 1. The van der Waals surface area contributed by atoms with E-state index in [9.17, 15) is 36.2 Å². The van der Waals surface area contributed by atoms with Crippen LogP contribution in [0, 0.1) is 0 Å². The van der Waals surface area contributed by atoms with Crippen molar-refractivity contribution in [2.24, 2.45) is 0 Å². The molecule has 3 aromatic carbocycles. The van der Waals surface area contributed by atoms with Crippen LogP contribution in [0.1, 0.15) is 47.6 Å². The smallest absolute Gasteiger partial charge is 0.416 e. The molecule has 3 rings (SSSR count). The van der Waals surface area contributed by atoms with Crippen LogP contribution in [0.3, 0.4) is 0 Å². The zero-order valence-electron chi connectivity index (χ0n) is 21.6. The number of methoxy groups -OCH3 is 1. The van der Waals surface area contributed by atoms with E-state index < -0.39 is 42.7 Å². The summed E-state index contributed by atoms with van der Waals surface area (Å²) in [6, 6.07) is 11.6. The van der Waals surface area contributed by atoms with Gasteiger partial charge in [0.15, 0.2) is 0 Å². The topological polar surface area (TPSA) is 49.8 Å². The molecule has 1 N–H and O–H groups in total. The van der Waals surface area contributed by atoms with Crippen molar-refractivity contribution in [3.8, 4) is 16.9 Å². The van der Waals surface area contributed by atoms with Crippen molar-refractivity contribution in [1.29, 1.82) is 0 Å². The Labute approximate surface area is 226 Å². The number of alkyl halides is 6. The van der Waals surface area contributed by atoms with Crippen molar-refractivity contribution in [1.82, 2.24) is 4.90 Å². The molecule has 4 nitrogen and oxygen atoms in total. The normalized spacial score (nSPS) is 12.1. The van der Waals surface area contributed by atoms with Gasteiger partial charge in [-0.3, -0.25) is 4.90 Å². The molecule has 39 heavy (non-hydrogen) atoms. The van der Waals surface area contributed by atoms with E-state index in [2.05, 4.69) is 0 Å². The van der Waals surface area contributed by atoms with E-state index in [0.29, 0.717) is 16.9 Å². The zero-order valence-corrected chi connectivity index (χ0v) is 22.4. The molecule has 0 aliphatic rings. The lowest BCUT2D eigenvalue weighted by molar-refractivity contribution is -0.138. The molecular weight excluding hydrogens is 544 g/mol. The first-order valence-corrected chi connectivity index (χ1v) is 13.0. The fourth-order valence-electron chi connectivity index (χ4n) is 4.11. The van der Waals surface area contributed by atoms with Gasteiger partial charge >= 0.3 is 18.4 Å². The number of rotatable bonds is 8. The van der Waals surface area contributed by atoms with Gasteiger partial charge in [0.2, 0.25) is 0 Å². The standard InChI is InChI=1S/C28H27F6NO3S/c1-16(2)18-5-8-25(38-3)24(12-18)23-7-6-20(27(29,30)31)11-19(23)15-35(26(36)37)14-17-9-21(28(32,33)34)13-22(10-17)39-4/h5-13,16H,14-15H2,1-4H3,(H,36,37). The summed E-state index contributed by atoms with van der Waals surface area (Å²) >= 11 is 1.06. The van der Waals surface area contributed by atoms with E-state index in [0.717, 1.165) is 46.5 Å². The highest BCUT2D eigenvalue weighted by atomic mass is 32.2. The van der Waals surface area contributed by atoms with Gasteiger partial charge in [0.1, 0.15) is 5.75 Å². The average molecular weight is 572 g/mol. The summed E-state index contributed by atoms with van der Waals surface area (Å²) in [6.07, 6.45) is -9.26. The van der Waals surface area contributed by atoms with E-state index in [1.54, 1.807) is 18.4 Å². The molecule has 3 aromatic rings. The second-order valence-electron chi connectivity index (χ2n) is 9.19. The maximum Gasteiger partial charge on any atom is 0.416 e. The minimum atomic E-state index is -4.69. The predicted octanol–water partition coefficient (Wildman–Crippen LogP) is 8.93. The van der Waals surface area contributed by atoms with Crippen LogP contribution in [-0.2, 0) is 25.4 Å². The maximum absolute atomic E-state index is 13.6. The summed E-state index contributed by atoms with van der Waals surface area (Å²) in [7, 11) is 1.41. The molecule has 0 fully saturated rings. The van der Waals surface area contributed by atoms with Crippen molar-refractivity contribution in [2.45, 2.75) is 50.1 Å². The van der Waals surface area contributed by atoms with Crippen LogP contribution in [0.25, 0.3) is 11.1 Å². The van der Waals surface area contributed by atoms with Gasteiger partial charge in [0, 0.05) is 23.5 Å². The van der Waals surface area contributed by atoms with Gasteiger partial charge in [0.25, 0.3) is 0 Å². The Hall–Kier alpha value is -3.34. The molecule has 0 heterocycles. The number of halogens is 6. The third-order valence-corrected chi connectivity index (χ3v) is 6.85. The third-order valence-electron chi connectivity index (χ3n) is 6.15. The molecule has 0 saturated carbocycles. The summed E-state index contributed by atoms with van der Waals surface area (Å²) in [6.45, 7) is 2.92. The Morgan fingerprint density at radius 1 is 0.897 bits per heavy atom. The number of carboxylic acid groups (broad SMARTS) is 1. The third kappa shape index (κ3) is 7.40. The van der Waals surface area contributed by atoms with Gasteiger partial charge in [-0.15, -0.1) is 11.8 Å². The number of benzene rings is 3. The molecule has 0 bridgehead atoms. The number of nitrogens with zero attached hydrogens (tertiary/aromatic N) is 1. The summed E-state index contributed by atoms with van der Waals surface area (Å²) in [4.78, 5) is 13.3. The number of hydrogen-bond acceptors (Lipinski definition) is 3. The minimum Gasteiger partial charge on any atom is -0.496 e. The largest absolute Gasteiger partial charge is 0.496 e. The molecule has 0 aliphatic heterocycles. The number of carbonyl (C=O) groups is 1. The Kier molecular flexibility index (Phi) is 9.15. The van der Waals surface area contributed by atoms with Crippen molar-refractivity contribution >= 4 is 17.9 Å². The number of thioether (sulfide) groups is 1.